The van der Waals surface area contributed by atoms with Gasteiger partial charge in [0.15, 0.2) is 0 Å². The van der Waals surface area contributed by atoms with E-state index in [1.54, 1.807) is 30.3 Å². The Morgan fingerprint density at radius 1 is 0.523 bits per heavy atom. The van der Waals surface area contributed by atoms with Crippen molar-refractivity contribution in [1.82, 2.24) is 14.1 Å². The number of nitrogens with zero attached hydrogens (tertiary/aromatic N) is 3. The van der Waals surface area contributed by atoms with Crippen molar-refractivity contribution >= 4 is 55.6 Å². The number of hydrogen-bond donors (Lipinski definition) is 2. The highest BCUT2D eigenvalue weighted by Gasteiger charge is 2.24. The van der Waals surface area contributed by atoms with E-state index in [0.717, 1.165) is 49.9 Å². The van der Waals surface area contributed by atoms with Crippen molar-refractivity contribution in [2.75, 3.05) is 10.6 Å². The molecule has 314 valence electrons. The molecule has 0 aliphatic heterocycles. The van der Waals surface area contributed by atoms with Crippen LogP contribution in [0.3, 0.4) is 0 Å². The summed E-state index contributed by atoms with van der Waals surface area (Å²) in [5.74, 6) is 1.91. The van der Waals surface area contributed by atoms with Crippen LogP contribution in [0, 0.1) is 0 Å². The summed E-state index contributed by atoms with van der Waals surface area (Å²) in [6.45, 7) is 6.58. The van der Waals surface area contributed by atoms with Crippen LogP contribution < -0.4 is 15.4 Å². The second-order valence-electron chi connectivity index (χ2n) is 16.7. The second-order valence-corrected chi connectivity index (χ2v) is 16.7. The molecule has 0 saturated heterocycles. The van der Waals surface area contributed by atoms with Gasteiger partial charge in [0.1, 0.15) is 17.3 Å². The highest BCUT2D eigenvalue weighted by atomic mass is 16.5. The molecule has 0 spiro atoms. The Kier molecular flexibility index (Phi) is 7.54. The number of anilines is 4. The number of pyridine rings is 1. The third-order valence-electron chi connectivity index (χ3n) is 11.5. The molecule has 0 unspecified atom stereocenters. The number of benzene rings is 8. The number of ether oxygens (including phenoxy) is 1. The third-order valence-corrected chi connectivity index (χ3v) is 11.5. The first-order valence-electron chi connectivity index (χ1n) is 26.3. The minimum atomic E-state index is -0.565. The topological polar surface area (TPSA) is 56.0 Å². The summed E-state index contributed by atoms with van der Waals surface area (Å²) in [5, 5.41) is 8.99. The van der Waals surface area contributed by atoms with Crippen molar-refractivity contribution in [3.05, 3.63) is 224 Å². The Labute approximate surface area is 393 Å². The van der Waals surface area contributed by atoms with E-state index in [0.29, 0.717) is 28.6 Å². The molecular formula is C59H47N5O. The van der Waals surface area contributed by atoms with Crippen LogP contribution in [-0.2, 0) is 5.41 Å². The van der Waals surface area contributed by atoms with Crippen molar-refractivity contribution in [1.29, 1.82) is 0 Å². The van der Waals surface area contributed by atoms with E-state index in [4.69, 9.17) is 23.4 Å². The maximum atomic E-state index is 8.91. The molecule has 6 heteroatoms. The predicted molar refractivity (Wildman–Crippen MR) is 271 cm³/mol. The lowest BCUT2D eigenvalue weighted by Crippen LogP contribution is -2.12. The maximum absolute atomic E-state index is 8.91. The lowest BCUT2D eigenvalue weighted by atomic mass is 9.88. The van der Waals surface area contributed by atoms with Crippen LogP contribution >= 0.6 is 0 Å². The summed E-state index contributed by atoms with van der Waals surface area (Å²) in [7, 11) is 0. The molecule has 0 radical (unpaired) electrons. The summed E-state index contributed by atoms with van der Waals surface area (Å²) in [6, 6.07) is 43.3. The van der Waals surface area contributed by atoms with Gasteiger partial charge >= 0.3 is 0 Å². The van der Waals surface area contributed by atoms with E-state index < -0.39 is 60.4 Å². The van der Waals surface area contributed by atoms with E-state index in [1.807, 2.05) is 72.9 Å². The fraction of sp³-hybridized carbons (Fsp3) is 0.0678. The number of nitrogens with one attached hydrogen (secondary N) is 2. The van der Waals surface area contributed by atoms with Gasteiger partial charge < -0.3 is 19.9 Å². The van der Waals surface area contributed by atoms with Crippen molar-refractivity contribution in [2.45, 2.75) is 26.2 Å². The summed E-state index contributed by atoms with van der Waals surface area (Å²) < 4.78 is 97.4. The molecule has 11 rings (SSSR count). The fourth-order valence-electron chi connectivity index (χ4n) is 8.51. The van der Waals surface area contributed by atoms with Gasteiger partial charge in [0.05, 0.1) is 52.8 Å². The van der Waals surface area contributed by atoms with Gasteiger partial charge in [0, 0.05) is 51.6 Å². The van der Waals surface area contributed by atoms with Gasteiger partial charge in [0.2, 0.25) is 0 Å². The fourth-order valence-corrected chi connectivity index (χ4v) is 8.51. The monoisotopic (exact) mass is 851 g/mol. The molecule has 2 N–H and O–H groups in total. The summed E-state index contributed by atoms with van der Waals surface area (Å²) in [5.41, 5.74) is 7.99. The van der Waals surface area contributed by atoms with Gasteiger partial charge in [0.25, 0.3) is 0 Å². The first-order valence-corrected chi connectivity index (χ1v) is 21.3. The average Bonchev–Trinajstić information content (AvgIpc) is 3.96. The molecule has 8 aromatic carbocycles. The summed E-state index contributed by atoms with van der Waals surface area (Å²) in [4.78, 5) is 4.98. The van der Waals surface area contributed by atoms with Crippen molar-refractivity contribution in [3.8, 4) is 45.3 Å². The standard InChI is InChI=1S/C59H47N5O/c1-59(2,3)42-35-36-60-55(37-42)64-54-39-46(33-34-50(54)57-58(64)49-27-13-16-32-53(49)63(57)44-24-11-6-12-25-44)65-45-26-17-23-43(38-45)61-51-30-14-15-31-52(51)62-56-47(40-19-7-4-8-20-40)28-18-29-48(56)41-21-9-5-10-22-41/h4-39,61-62H,1-3H3/i4D,5D,7D,8D,9D,10D,19D,20D,21D,22D. The Morgan fingerprint density at radius 2 is 1.14 bits per heavy atom. The molecule has 11 aromatic rings. The van der Waals surface area contributed by atoms with E-state index >= 15 is 0 Å². The zero-order chi connectivity index (χ0) is 52.6. The largest absolute Gasteiger partial charge is 0.457 e. The third kappa shape index (κ3) is 7.45. The molecule has 0 fully saturated rings. The molecule has 0 saturated carbocycles. The Balaban J connectivity index is 1.00. The van der Waals surface area contributed by atoms with Crippen molar-refractivity contribution in [2.24, 2.45) is 0 Å². The molecule has 3 aromatic heterocycles. The van der Waals surface area contributed by atoms with Crippen LogP contribution in [0.1, 0.15) is 40.0 Å². The SMILES string of the molecule is [2H]c1c([2H])c([2H])c(-c2cccc(-c3c([2H])c([2H])c([2H])c([2H])c3[2H])c2Nc2ccccc2Nc2cccc(Oc3ccc4c(c3)n(-c3cc(C(C)(C)C)ccn3)c3c5ccccc5n(-c5ccccc5)c43)c2)c([2H])c1[2H]. The zero-order valence-corrected chi connectivity index (χ0v) is 35.8. The minimum absolute atomic E-state index is 0.128. The number of para-hydroxylation sites is 5. The van der Waals surface area contributed by atoms with E-state index in [9.17, 15) is 0 Å². The summed E-state index contributed by atoms with van der Waals surface area (Å²) >= 11 is 0. The zero-order valence-electron chi connectivity index (χ0n) is 45.8. The van der Waals surface area contributed by atoms with Gasteiger partial charge in [-0.15, -0.1) is 0 Å². The van der Waals surface area contributed by atoms with E-state index in [-0.39, 0.29) is 33.4 Å². The number of fused-ring (bicyclic) bond motifs is 5. The van der Waals surface area contributed by atoms with Gasteiger partial charge in [-0.1, -0.05) is 154 Å². The molecular weight excluding hydrogens is 795 g/mol. The predicted octanol–water partition coefficient (Wildman–Crippen LogP) is 16.0. The highest BCUT2D eigenvalue weighted by molar-refractivity contribution is 6.20. The van der Waals surface area contributed by atoms with Crippen molar-refractivity contribution < 1.29 is 18.4 Å². The van der Waals surface area contributed by atoms with Crippen LogP contribution in [0.25, 0.3) is 66.6 Å². The van der Waals surface area contributed by atoms with Crippen molar-refractivity contribution in [3.63, 3.8) is 0 Å². The van der Waals surface area contributed by atoms with Crippen LogP contribution in [0.2, 0.25) is 0 Å². The molecule has 0 amide bonds. The van der Waals surface area contributed by atoms with Gasteiger partial charge in [-0.2, -0.15) is 0 Å². The van der Waals surface area contributed by atoms with Crippen LogP contribution in [0.5, 0.6) is 11.5 Å². The van der Waals surface area contributed by atoms with Crippen LogP contribution in [0.4, 0.5) is 22.7 Å². The lowest BCUT2D eigenvalue weighted by molar-refractivity contribution is 0.483. The van der Waals surface area contributed by atoms with Crippen LogP contribution in [-0.4, -0.2) is 14.1 Å². The minimum Gasteiger partial charge on any atom is -0.457 e. The Morgan fingerprint density at radius 3 is 1.86 bits per heavy atom. The number of hydrogen-bond acceptors (Lipinski definition) is 4. The highest BCUT2D eigenvalue weighted by Crippen LogP contribution is 2.44. The molecule has 0 bridgehead atoms. The van der Waals surface area contributed by atoms with Crippen LogP contribution in [0.15, 0.2) is 218 Å². The van der Waals surface area contributed by atoms with Gasteiger partial charge in [-0.3, -0.25) is 4.57 Å². The molecule has 6 nitrogen and oxygen atoms in total. The number of aromatic nitrogens is 3. The first kappa shape index (κ1) is 29.9. The first-order chi connectivity index (χ1) is 36.0. The second kappa shape index (κ2) is 16.4. The maximum Gasteiger partial charge on any atom is 0.137 e. The Bertz CT molecular complexity index is 3960. The lowest BCUT2D eigenvalue weighted by Gasteiger charge is -2.20. The van der Waals surface area contributed by atoms with Gasteiger partial charge in [-0.25, -0.2) is 4.98 Å². The smallest absolute Gasteiger partial charge is 0.137 e. The molecule has 0 aliphatic carbocycles. The summed E-state index contributed by atoms with van der Waals surface area (Å²) in [6.07, 6.45) is 1.87. The molecule has 0 aliphatic rings. The molecule has 3 heterocycles. The Hall–Kier alpha value is -8.35. The average molecular weight is 852 g/mol. The van der Waals surface area contributed by atoms with E-state index in [2.05, 4.69) is 95.1 Å². The van der Waals surface area contributed by atoms with Gasteiger partial charge in [-0.05, 0) is 88.8 Å². The quantitative estimate of drug-likeness (QED) is 0.144. The molecule has 65 heavy (non-hydrogen) atoms. The number of rotatable bonds is 10. The van der Waals surface area contributed by atoms with E-state index in [1.165, 1.54) is 0 Å². The normalized spacial score (nSPS) is 13.8. The molecule has 0 atom stereocenters.